The van der Waals surface area contributed by atoms with Gasteiger partial charge in [-0.15, -0.1) is 0 Å². The SMILES string of the molecule is C/C1=C/C=C/[C@H](C)C[C@@H](C)[C@@H](O)[C@@H](C)C(OC(=O)CN(N)/C=C(\N)c2ccc([N+](=O)[O-])cc2)[C@H](C)C/C=C/OC2(C)Oc3c(C)c(O)c4c(O)c(c5c(c4c3C2=O)=NC2(CCN(CC(C)C)CC2)N=5)NC1=O. The number of hydrogen-bond acceptors (Lipinski definition) is 17. The van der Waals surface area contributed by atoms with Crippen molar-refractivity contribution in [1.29, 1.82) is 0 Å². The molecule has 5 aliphatic rings. The highest BCUT2D eigenvalue weighted by molar-refractivity contribution is 6.19. The second-order valence-electron chi connectivity index (χ2n) is 20.6. The number of anilines is 1. The second-order valence-corrected chi connectivity index (χ2v) is 20.6. The van der Waals surface area contributed by atoms with Crippen LogP contribution in [0.1, 0.15) is 103 Å². The number of aliphatic hydroxyl groups is 1. The fourth-order valence-electron chi connectivity index (χ4n) is 10.2. The number of benzene rings is 3. The van der Waals surface area contributed by atoms with Gasteiger partial charge < -0.3 is 50.5 Å². The highest BCUT2D eigenvalue weighted by Crippen LogP contribution is 2.50. The molecule has 1 saturated heterocycles. The Morgan fingerprint density at radius 1 is 1.06 bits per heavy atom. The van der Waals surface area contributed by atoms with Gasteiger partial charge in [0, 0.05) is 80.2 Å². The van der Waals surface area contributed by atoms with E-state index in [2.05, 4.69) is 24.1 Å². The Morgan fingerprint density at radius 2 is 1.72 bits per heavy atom. The smallest absolute Gasteiger partial charge is 0.327 e. The quantitative estimate of drug-likeness (QED) is 0.0484. The van der Waals surface area contributed by atoms with Gasteiger partial charge in [0.2, 0.25) is 0 Å². The standard InChI is InChI=1S/C53H68N8O11/c1-28(2)25-59-21-19-53(20-22-59)57-42-39-40-46(64)34(8)49-41(39)50(66)52(9,72-49)70-23-11-14-30(4)48(71-38(62)27-60(55)26-37(54)35-15-17-36(18-16-35)61(68)69)33(7)45(63)32(6)24-29(3)12-10-13-31(5)51(67)56-44(47(40)65)43(42)58-53/h10-13,15-18,23,26,28-30,32-33,45,48,63-65H,14,19-22,24-25,27,54-55H2,1-9H3,(H,56,67)/b12-10+,23-11+,31-13-,37-26-/t29-,30+,32+,33+,45+,48?,52?/m0/s1. The summed E-state index contributed by atoms with van der Waals surface area (Å²) in [5.41, 5.74) is 6.19. The van der Waals surface area contributed by atoms with Crippen molar-refractivity contribution in [2.75, 3.05) is 31.5 Å². The van der Waals surface area contributed by atoms with Gasteiger partial charge in [0.05, 0.1) is 39.3 Å². The average molecular weight is 993 g/mol. The summed E-state index contributed by atoms with van der Waals surface area (Å²) in [5, 5.41) is 51.4. The summed E-state index contributed by atoms with van der Waals surface area (Å²) in [4.78, 5) is 65.7. The number of carbonyl (C=O) groups excluding carboxylic acids is 3. The van der Waals surface area contributed by atoms with Crippen LogP contribution in [-0.4, -0.2) is 97.6 Å². The third kappa shape index (κ3) is 10.8. The van der Waals surface area contributed by atoms with Gasteiger partial charge in [-0.2, -0.15) is 0 Å². The lowest BCUT2D eigenvalue weighted by molar-refractivity contribution is -0.384. The molecule has 1 amide bonds. The number of Topliss-reactive ketones (excluding diaryl/α,β-unsaturated/α-hetero) is 1. The summed E-state index contributed by atoms with van der Waals surface area (Å²) in [7, 11) is 0. The third-order valence-electron chi connectivity index (χ3n) is 14.2. The number of nitro groups is 1. The lowest BCUT2D eigenvalue weighted by atomic mass is 9.80. The Labute approximate surface area is 418 Å². The molecule has 3 aromatic carbocycles. The number of fused-ring (bicyclic) bond motifs is 13. The van der Waals surface area contributed by atoms with Crippen LogP contribution in [0.15, 0.2) is 76.6 Å². The monoisotopic (exact) mass is 993 g/mol. The number of nitro benzene ring substituents is 1. The summed E-state index contributed by atoms with van der Waals surface area (Å²) >= 11 is 0. The second kappa shape index (κ2) is 21.1. The van der Waals surface area contributed by atoms with E-state index in [1.165, 1.54) is 43.7 Å². The molecule has 0 aliphatic carbocycles. The number of amides is 1. The minimum atomic E-state index is -1.95. The molecule has 0 radical (unpaired) electrons. The zero-order valence-electron chi connectivity index (χ0n) is 42.5. The number of hydrogen-bond donors (Lipinski definition) is 6. The lowest BCUT2D eigenvalue weighted by Gasteiger charge is -2.36. The first-order chi connectivity index (χ1) is 33.9. The van der Waals surface area contributed by atoms with Gasteiger partial charge in [0.1, 0.15) is 35.2 Å². The number of hydrazine groups is 1. The van der Waals surface area contributed by atoms with Crippen LogP contribution in [-0.2, 0) is 19.1 Å². The molecule has 5 aliphatic heterocycles. The molecule has 0 aromatic heterocycles. The molecule has 72 heavy (non-hydrogen) atoms. The van der Waals surface area contributed by atoms with E-state index in [1.54, 1.807) is 39.0 Å². The number of phenols is 2. The van der Waals surface area contributed by atoms with Gasteiger partial charge >= 0.3 is 11.8 Å². The van der Waals surface area contributed by atoms with E-state index in [0.29, 0.717) is 49.4 Å². The van der Waals surface area contributed by atoms with E-state index in [1.807, 2.05) is 26.8 Å². The van der Waals surface area contributed by atoms with Gasteiger partial charge in [-0.05, 0) is 74.1 Å². The topological polar surface area (TPSA) is 278 Å². The minimum absolute atomic E-state index is 0.0353. The molecule has 19 nitrogen and oxygen atoms in total. The highest BCUT2D eigenvalue weighted by atomic mass is 16.7. The fourth-order valence-corrected chi connectivity index (χ4v) is 10.2. The number of ketones is 1. The van der Waals surface area contributed by atoms with E-state index >= 15 is 0 Å². The predicted octanol–water partition coefficient (Wildman–Crippen LogP) is 6.18. The Hall–Kier alpha value is -6.83. The molecule has 1 fully saturated rings. The zero-order valence-corrected chi connectivity index (χ0v) is 42.5. The number of piperidine rings is 1. The average Bonchev–Trinajstić information content (AvgIpc) is 3.82. The number of nitrogens with one attached hydrogen (secondary N) is 1. The van der Waals surface area contributed by atoms with Crippen LogP contribution >= 0.6 is 0 Å². The molecular formula is C53H68N8O11. The van der Waals surface area contributed by atoms with Crippen molar-refractivity contribution in [2.24, 2.45) is 51.2 Å². The fraction of sp³-hybridized carbons (Fsp3) is 0.491. The van der Waals surface area contributed by atoms with Crippen molar-refractivity contribution >= 4 is 45.5 Å². The first kappa shape index (κ1) is 53.0. The Morgan fingerprint density at radius 3 is 2.38 bits per heavy atom. The van der Waals surface area contributed by atoms with Crippen LogP contribution < -0.4 is 32.3 Å². The van der Waals surface area contributed by atoms with Gasteiger partial charge in [-0.3, -0.25) is 34.5 Å². The summed E-state index contributed by atoms with van der Waals surface area (Å²) in [5.74, 6) is 0.665. The molecule has 3 aromatic rings. The normalized spacial score (nSPS) is 27.5. The van der Waals surface area contributed by atoms with Crippen LogP contribution in [0.5, 0.6) is 17.2 Å². The van der Waals surface area contributed by atoms with Crippen molar-refractivity contribution in [3.63, 3.8) is 0 Å². The summed E-state index contributed by atoms with van der Waals surface area (Å²) in [6.07, 6.45) is 9.69. The molecule has 2 unspecified atom stereocenters. The molecule has 1 spiro atoms. The maximum absolute atomic E-state index is 14.8. The Kier molecular flexibility index (Phi) is 15.5. The van der Waals surface area contributed by atoms with Crippen molar-refractivity contribution in [1.82, 2.24) is 9.91 Å². The largest absolute Gasteiger partial charge is 0.507 e. The first-order valence-corrected chi connectivity index (χ1v) is 24.5. The van der Waals surface area contributed by atoms with E-state index < -0.39 is 70.4 Å². The number of esters is 1. The maximum Gasteiger partial charge on any atom is 0.327 e. The summed E-state index contributed by atoms with van der Waals surface area (Å²) < 4.78 is 18.6. The van der Waals surface area contributed by atoms with Crippen molar-refractivity contribution in [2.45, 2.75) is 112 Å². The minimum Gasteiger partial charge on any atom is -0.507 e. The van der Waals surface area contributed by atoms with Gasteiger partial charge in [0.15, 0.2) is 11.4 Å². The van der Waals surface area contributed by atoms with Gasteiger partial charge in [-0.25, -0.2) is 5.84 Å². The third-order valence-corrected chi connectivity index (χ3v) is 14.2. The van der Waals surface area contributed by atoms with E-state index in [0.717, 1.165) is 11.6 Å². The molecule has 8 N–H and O–H groups in total. The molecule has 8 rings (SSSR count). The van der Waals surface area contributed by atoms with Crippen LogP contribution in [0.25, 0.3) is 16.5 Å². The van der Waals surface area contributed by atoms with Crippen LogP contribution in [0.4, 0.5) is 11.4 Å². The van der Waals surface area contributed by atoms with E-state index in [-0.39, 0.29) is 79.4 Å². The van der Waals surface area contributed by atoms with Crippen molar-refractivity contribution in [3.05, 3.63) is 104 Å². The number of carbonyl (C=O) groups is 3. The number of likely N-dealkylation sites (tertiary alicyclic amines) is 1. The van der Waals surface area contributed by atoms with Crippen LogP contribution in [0.2, 0.25) is 0 Å². The predicted molar refractivity (Wildman–Crippen MR) is 271 cm³/mol. The Balaban J connectivity index is 1.24. The number of nitrogens with two attached hydrogens (primary N) is 2. The number of rotatable bonds is 8. The lowest BCUT2D eigenvalue weighted by Crippen LogP contribution is -2.43. The van der Waals surface area contributed by atoms with Crippen LogP contribution in [0.3, 0.4) is 0 Å². The van der Waals surface area contributed by atoms with Crippen molar-refractivity contribution in [3.8, 4) is 17.2 Å². The van der Waals surface area contributed by atoms with Gasteiger partial charge in [0.25, 0.3) is 17.4 Å². The molecule has 5 bridgehead atoms. The summed E-state index contributed by atoms with van der Waals surface area (Å²) in [6, 6.07) is 5.54. The molecule has 386 valence electrons. The highest BCUT2D eigenvalue weighted by Gasteiger charge is 2.50. The molecular weight excluding hydrogens is 925 g/mol. The summed E-state index contributed by atoms with van der Waals surface area (Å²) in [6.45, 7) is 18.4. The van der Waals surface area contributed by atoms with Gasteiger partial charge in [-0.1, -0.05) is 59.8 Å². The number of ether oxygens (including phenoxy) is 3. The molecule has 7 atom stereocenters. The number of non-ortho nitro benzene ring substituents is 1. The number of nitrogens with zero attached hydrogens (tertiary/aromatic N) is 5. The van der Waals surface area contributed by atoms with Crippen LogP contribution in [0, 0.1) is 46.6 Å². The zero-order chi connectivity index (χ0) is 52.6. The Bertz CT molecular complexity index is 2890. The first-order valence-electron chi connectivity index (χ1n) is 24.5. The number of aromatic hydroxyl groups is 2. The van der Waals surface area contributed by atoms with Crippen molar-refractivity contribution < 1.29 is 48.8 Å². The van der Waals surface area contributed by atoms with E-state index in [4.69, 9.17) is 35.8 Å². The number of allylic oxidation sites excluding steroid dienone is 4. The van der Waals surface area contributed by atoms with E-state index in [9.17, 15) is 39.8 Å². The number of phenolic OH excluding ortho intramolecular Hbond substituents is 2. The number of aliphatic hydroxyl groups excluding tert-OH is 1. The molecule has 19 heteroatoms. The molecule has 0 saturated carbocycles. The maximum atomic E-state index is 14.8. The molecule has 5 heterocycles.